The highest BCUT2D eigenvalue weighted by molar-refractivity contribution is 7.92. The van der Waals surface area contributed by atoms with Crippen LogP contribution in [0, 0.1) is 13.8 Å². The molecule has 11 heteroatoms. The first kappa shape index (κ1) is 32.7. The highest BCUT2D eigenvalue weighted by Crippen LogP contribution is 2.31. The summed E-state index contributed by atoms with van der Waals surface area (Å²) in [7, 11) is -4.21. The number of hydrogen-bond donors (Lipinski definition) is 1. The summed E-state index contributed by atoms with van der Waals surface area (Å²) < 4.78 is 29.0. The number of benzene rings is 3. The molecule has 0 spiro atoms. The van der Waals surface area contributed by atoms with Crippen molar-refractivity contribution >= 4 is 62.3 Å². The zero-order valence-corrected chi connectivity index (χ0v) is 26.9. The molecule has 0 aliphatic rings. The number of hydrogen-bond acceptors (Lipinski definition) is 4. The summed E-state index contributed by atoms with van der Waals surface area (Å²) >= 11 is 19.0. The fourth-order valence-electron chi connectivity index (χ4n) is 4.16. The minimum Gasteiger partial charge on any atom is -0.350 e. The number of anilines is 1. The van der Waals surface area contributed by atoms with Crippen LogP contribution in [0.15, 0.2) is 65.6 Å². The highest BCUT2D eigenvalue weighted by atomic mass is 35.5. The smallest absolute Gasteiger partial charge is 0.264 e. The molecular weight excluding hydrogens is 605 g/mol. The average Bonchev–Trinajstić information content (AvgIpc) is 2.86. The van der Waals surface area contributed by atoms with Crippen molar-refractivity contribution in [2.24, 2.45) is 0 Å². The van der Waals surface area contributed by atoms with Gasteiger partial charge in [0.25, 0.3) is 10.0 Å². The van der Waals surface area contributed by atoms with Gasteiger partial charge in [-0.15, -0.1) is 0 Å². The van der Waals surface area contributed by atoms with Crippen LogP contribution in [-0.4, -0.2) is 43.3 Å². The van der Waals surface area contributed by atoms with Crippen molar-refractivity contribution in [3.8, 4) is 0 Å². The van der Waals surface area contributed by atoms with Crippen LogP contribution in [0.25, 0.3) is 0 Å². The minimum absolute atomic E-state index is 0.0180. The van der Waals surface area contributed by atoms with E-state index in [1.54, 1.807) is 62.4 Å². The molecule has 3 rings (SSSR count). The van der Waals surface area contributed by atoms with Gasteiger partial charge in [0.2, 0.25) is 11.8 Å². The molecule has 2 amide bonds. The second-order valence-electron chi connectivity index (χ2n) is 10.9. The largest absolute Gasteiger partial charge is 0.350 e. The molecule has 7 nitrogen and oxygen atoms in total. The molecule has 3 aromatic rings. The van der Waals surface area contributed by atoms with Crippen molar-refractivity contribution < 1.29 is 18.0 Å². The van der Waals surface area contributed by atoms with Crippen LogP contribution in [0.1, 0.15) is 44.4 Å². The van der Waals surface area contributed by atoms with E-state index in [1.807, 2.05) is 27.7 Å². The predicted octanol–water partition coefficient (Wildman–Crippen LogP) is 6.79. The van der Waals surface area contributed by atoms with E-state index in [4.69, 9.17) is 34.8 Å². The zero-order chi connectivity index (χ0) is 30.7. The van der Waals surface area contributed by atoms with Gasteiger partial charge in [0.1, 0.15) is 12.6 Å². The summed E-state index contributed by atoms with van der Waals surface area (Å²) in [5.41, 5.74) is 1.60. The normalized spacial score (nSPS) is 12.5. The van der Waals surface area contributed by atoms with Crippen LogP contribution in [0.2, 0.25) is 15.1 Å². The number of nitrogens with one attached hydrogen (secondary N) is 1. The Bertz CT molecular complexity index is 1520. The van der Waals surface area contributed by atoms with Crippen molar-refractivity contribution in [2.75, 3.05) is 10.8 Å². The molecule has 41 heavy (non-hydrogen) atoms. The van der Waals surface area contributed by atoms with Crippen molar-refractivity contribution in [1.29, 1.82) is 0 Å². The lowest BCUT2D eigenvalue weighted by atomic mass is 10.1. The molecule has 0 saturated heterocycles. The van der Waals surface area contributed by atoms with Crippen LogP contribution in [-0.2, 0) is 26.2 Å². The Kier molecular flexibility index (Phi) is 10.4. The Morgan fingerprint density at radius 3 is 2.05 bits per heavy atom. The molecule has 1 N–H and O–H groups in total. The molecule has 0 heterocycles. The van der Waals surface area contributed by atoms with Crippen molar-refractivity contribution in [1.82, 2.24) is 10.2 Å². The van der Waals surface area contributed by atoms with Crippen LogP contribution in [0.3, 0.4) is 0 Å². The lowest BCUT2D eigenvalue weighted by Crippen LogP contribution is -2.54. The first-order valence-corrected chi connectivity index (χ1v) is 15.5. The van der Waals surface area contributed by atoms with Gasteiger partial charge in [-0.25, -0.2) is 8.42 Å². The van der Waals surface area contributed by atoms with Crippen molar-refractivity contribution in [2.45, 2.75) is 64.6 Å². The van der Waals surface area contributed by atoms with Gasteiger partial charge in [-0.05, 0) is 89.6 Å². The molecule has 1 atom stereocenters. The maximum absolute atomic E-state index is 14.1. The van der Waals surface area contributed by atoms with Crippen LogP contribution >= 0.6 is 34.8 Å². The summed E-state index contributed by atoms with van der Waals surface area (Å²) in [6, 6.07) is 15.1. The number of nitrogens with zero attached hydrogens (tertiary/aromatic N) is 2. The number of carbonyl (C=O) groups excluding carboxylic acids is 2. The summed E-state index contributed by atoms with van der Waals surface area (Å²) in [4.78, 5) is 28.7. The monoisotopic (exact) mass is 637 g/mol. The molecule has 0 bridgehead atoms. The molecule has 0 fully saturated rings. The van der Waals surface area contributed by atoms with Gasteiger partial charge in [0.15, 0.2) is 0 Å². The van der Waals surface area contributed by atoms with Crippen LogP contribution in [0.5, 0.6) is 0 Å². The second kappa shape index (κ2) is 13.0. The Morgan fingerprint density at radius 2 is 1.51 bits per heavy atom. The topological polar surface area (TPSA) is 86.8 Å². The third-order valence-electron chi connectivity index (χ3n) is 6.37. The first-order chi connectivity index (χ1) is 19.0. The van der Waals surface area contributed by atoms with E-state index in [9.17, 15) is 18.0 Å². The molecule has 0 saturated carbocycles. The van der Waals surface area contributed by atoms with Gasteiger partial charge in [-0.1, -0.05) is 58.6 Å². The number of halogens is 3. The van der Waals surface area contributed by atoms with E-state index in [1.165, 1.54) is 17.0 Å². The maximum Gasteiger partial charge on any atom is 0.264 e. The third kappa shape index (κ3) is 8.16. The van der Waals surface area contributed by atoms with E-state index in [-0.39, 0.29) is 17.1 Å². The number of rotatable bonds is 9. The number of sulfonamides is 1. The Labute approximate surface area is 257 Å². The summed E-state index contributed by atoms with van der Waals surface area (Å²) in [6.07, 6.45) is 0. The fraction of sp³-hybridized carbons (Fsp3) is 0.333. The maximum atomic E-state index is 14.1. The van der Waals surface area contributed by atoms with Crippen LogP contribution < -0.4 is 9.62 Å². The number of aryl methyl sites for hydroxylation is 2. The van der Waals surface area contributed by atoms with Gasteiger partial charge in [-0.2, -0.15) is 0 Å². The quantitative estimate of drug-likeness (QED) is 0.280. The molecule has 220 valence electrons. The molecule has 3 aromatic carbocycles. The van der Waals surface area contributed by atoms with E-state index in [0.29, 0.717) is 26.2 Å². The zero-order valence-electron chi connectivity index (χ0n) is 23.8. The first-order valence-electron chi connectivity index (χ1n) is 12.9. The van der Waals surface area contributed by atoms with Crippen molar-refractivity contribution in [3.05, 3.63) is 92.4 Å². The van der Waals surface area contributed by atoms with Gasteiger partial charge in [-0.3, -0.25) is 13.9 Å². The number of carbonyl (C=O) groups is 2. The fourth-order valence-corrected chi connectivity index (χ4v) is 6.38. The van der Waals surface area contributed by atoms with E-state index in [0.717, 1.165) is 9.87 Å². The molecule has 0 aromatic heterocycles. The predicted molar refractivity (Wildman–Crippen MR) is 166 cm³/mol. The summed E-state index contributed by atoms with van der Waals surface area (Å²) in [5, 5.41) is 3.94. The average molecular weight is 639 g/mol. The Hall–Kier alpha value is -2.78. The SMILES string of the molecule is Cc1ccc(S(=O)(=O)N(CC(=O)N(Cc2c(Cl)cccc2Cl)[C@@H](C)C(=O)NC(C)(C)C)c2ccc(Cl)cc2C)cc1. The van der Waals surface area contributed by atoms with Gasteiger partial charge < -0.3 is 10.2 Å². The van der Waals surface area contributed by atoms with Gasteiger partial charge in [0.05, 0.1) is 10.6 Å². The Morgan fingerprint density at radius 1 is 0.927 bits per heavy atom. The second-order valence-corrected chi connectivity index (χ2v) is 14.0. The lowest BCUT2D eigenvalue weighted by molar-refractivity contribution is -0.140. The lowest BCUT2D eigenvalue weighted by Gasteiger charge is -2.34. The van der Waals surface area contributed by atoms with E-state index >= 15 is 0 Å². The van der Waals surface area contributed by atoms with Gasteiger partial charge in [0, 0.05) is 32.7 Å². The standard InChI is InChI=1S/C30H34Cl3N3O4S/c1-19-10-13-23(14-11-19)41(39,40)36(27-15-12-22(31)16-20(27)2)18-28(37)35(21(3)29(38)34-30(4,5)6)17-24-25(32)8-7-9-26(24)33/h7-16,21H,17-18H2,1-6H3,(H,34,38)/t21-/m0/s1. The highest BCUT2D eigenvalue weighted by Gasteiger charge is 2.34. The molecule has 0 radical (unpaired) electrons. The van der Waals surface area contributed by atoms with Gasteiger partial charge >= 0.3 is 0 Å². The Balaban J connectivity index is 2.11. The van der Waals surface area contributed by atoms with E-state index < -0.39 is 40.0 Å². The summed E-state index contributed by atoms with van der Waals surface area (Å²) in [6.45, 7) is 9.92. The number of amides is 2. The molecule has 0 unspecified atom stereocenters. The van der Waals surface area contributed by atoms with Crippen LogP contribution in [0.4, 0.5) is 5.69 Å². The minimum atomic E-state index is -4.21. The van der Waals surface area contributed by atoms with Crippen molar-refractivity contribution in [3.63, 3.8) is 0 Å². The molecule has 0 aliphatic heterocycles. The molecular formula is C30H34Cl3N3O4S. The summed E-state index contributed by atoms with van der Waals surface area (Å²) in [5.74, 6) is -1.03. The molecule has 0 aliphatic carbocycles. The third-order valence-corrected chi connectivity index (χ3v) is 9.09. The van der Waals surface area contributed by atoms with E-state index in [2.05, 4.69) is 5.32 Å².